The second-order valence-corrected chi connectivity index (χ2v) is 7.45. The molecule has 7 nitrogen and oxygen atoms in total. The molecule has 2 aliphatic rings. The van der Waals surface area contributed by atoms with Gasteiger partial charge in [0.1, 0.15) is 0 Å². The van der Waals surface area contributed by atoms with Crippen molar-refractivity contribution in [3.63, 3.8) is 0 Å². The molecular weight excluding hydrogens is 360 g/mol. The molecule has 1 fully saturated rings. The summed E-state index contributed by atoms with van der Waals surface area (Å²) in [4.78, 5) is 36.3. The number of carboxylic acid groups (broad SMARTS) is 1. The zero-order valence-corrected chi connectivity index (χ0v) is 15.2. The van der Waals surface area contributed by atoms with E-state index in [4.69, 9.17) is 5.11 Å². The molecule has 2 aromatic carbocycles. The first kappa shape index (κ1) is 18.2. The number of carbonyl (C=O) groups is 2. The lowest BCUT2D eigenvalue weighted by Crippen LogP contribution is -2.39. The third-order valence-corrected chi connectivity index (χ3v) is 5.84. The largest absolute Gasteiger partial charge is 0.481 e. The number of aliphatic carboxylic acids is 1. The number of benzene rings is 2. The molecule has 1 amide bonds. The predicted octanol–water partition coefficient (Wildman–Crippen LogP) is 3.86. The molecule has 7 heteroatoms. The predicted molar refractivity (Wildman–Crippen MR) is 102 cm³/mol. The zero-order chi connectivity index (χ0) is 19.8. The number of non-ortho nitro benzene ring substituents is 1. The summed E-state index contributed by atoms with van der Waals surface area (Å²) in [5.41, 5.74) is 3.33. The van der Waals surface area contributed by atoms with Gasteiger partial charge in [0.25, 0.3) is 11.6 Å². The fraction of sp³-hybridized carbons (Fsp3) is 0.333. The Balaban J connectivity index is 1.52. The SMILES string of the molecule is O=C(O)C1CCC(N2Cc3ccc(-c4ccc([N+](=O)[O-])cc4)cc3C2=O)CC1. The van der Waals surface area contributed by atoms with Gasteiger partial charge in [-0.1, -0.05) is 12.1 Å². The molecule has 0 aromatic heterocycles. The van der Waals surface area contributed by atoms with Gasteiger partial charge in [-0.2, -0.15) is 0 Å². The lowest BCUT2D eigenvalue weighted by Gasteiger charge is -2.33. The van der Waals surface area contributed by atoms with E-state index >= 15 is 0 Å². The first-order valence-electron chi connectivity index (χ1n) is 9.35. The number of hydrogen-bond acceptors (Lipinski definition) is 4. The van der Waals surface area contributed by atoms with Crippen molar-refractivity contribution in [3.05, 3.63) is 63.7 Å². The average molecular weight is 380 g/mol. The number of hydrogen-bond donors (Lipinski definition) is 1. The summed E-state index contributed by atoms with van der Waals surface area (Å²) >= 11 is 0. The van der Waals surface area contributed by atoms with Crippen LogP contribution in [0.4, 0.5) is 5.69 Å². The van der Waals surface area contributed by atoms with Crippen LogP contribution in [0, 0.1) is 16.0 Å². The second kappa shape index (κ2) is 7.07. The molecule has 1 N–H and O–H groups in total. The summed E-state index contributed by atoms with van der Waals surface area (Å²) in [5, 5.41) is 20.0. The van der Waals surface area contributed by atoms with Gasteiger partial charge in [-0.05, 0) is 60.6 Å². The Morgan fingerprint density at radius 3 is 2.29 bits per heavy atom. The maximum Gasteiger partial charge on any atom is 0.306 e. The third kappa shape index (κ3) is 3.24. The van der Waals surface area contributed by atoms with Crippen LogP contribution in [0.15, 0.2) is 42.5 Å². The van der Waals surface area contributed by atoms with Crippen LogP contribution in [-0.4, -0.2) is 32.8 Å². The molecule has 144 valence electrons. The Kier molecular flexibility index (Phi) is 4.58. The van der Waals surface area contributed by atoms with Crippen LogP contribution in [0.1, 0.15) is 41.6 Å². The van der Waals surface area contributed by atoms with Crippen LogP contribution >= 0.6 is 0 Å². The van der Waals surface area contributed by atoms with Crippen molar-refractivity contribution in [2.24, 2.45) is 5.92 Å². The van der Waals surface area contributed by atoms with Crippen LogP contribution in [0.2, 0.25) is 0 Å². The molecule has 2 aromatic rings. The Hall–Kier alpha value is -3.22. The Morgan fingerprint density at radius 1 is 1.04 bits per heavy atom. The van der Waals surface area contributed by atoms with Crippen LogP contribution in [-0.2, 0) is 11.3 Å². The molecule has 0 radical (unpaired) electrons. The van der Waals surface area contributed by atoms with Gasteiger partial charge in [-0.25, -0.2) is 0 Å². The molecule has 1 aliphatic heterocycles. The molecule has 1 saturated carbocycles. The van der Waals surface area contributed by atoms with Gasteiger partial charge in [-0.3, -0.25) is 19.7 Å². The molecule has 1 heterocycles. The molecule has 0 saturated heterocycles. The third-order valence-electron chi connectivity index (χ3n) is 5.84. The average Bonchev–Trinajstić information content (AvgIpc) is 3.04. The smallest absolute Gasteiger partial charge is 0.306 e. The quantitative estimate of drug-likeness (QED) is 0.641. The Bertz CT molecular complexity index is 946. The number of fused-ring (bicyclic) bond motifs is 1. The van der Waals surface area contributed by atoms with E-state index < -0.39 is 10.9 Å². The van der Waals surface area contributed by atoms with Gasteiger partial charge in [0.05, 0.1) is 10.8 Å². The van der Waals surface area contributed by atoms with E-state index in [2.05, 4.69) is 0 Å². The summed E-state index contributed by atoms with van der Waals surface area (Å²) in [6.45, 7) is 0.553. The van der Waals surface area contributed by atoms with Crippen LogP contribution in [0.5, 0.6) is 0 Å². The first-order chi connectivity index (χ1) is 13.4. The summed E-state index contributed by atoms with van der Waals surface area (Å²) < 4.78 is 0. The molecular formula is C21H20N2O5. The minimum Gasteiger partial charge on any atom is -0.481 e. The van der Waals surface area contributed by atoms with Crippen molar-refractivity contribution in [1.82, 2.24) is 4.90 Å². The van der Waals surface area contributed by atoms with Crippen LogP contribution in [0.25, 0.3) is 11.1 Å². The monoisotopic (exact) mass is 380 g/mol. The van der Waals surface area contributed by atoms with Crippen molar-refractivity contribution in [1.29, 1.82) is 0 Å². The number of carboxylic acids is 1. The van der Waals surface area contributed by atoms with E-state index in [0.29, 0.717) is 37.8 Å². The summed E-state index contributed by atoms with van der Waals surface area (Å²) in [5.74, 6) is -1.06. The summed E-state index contributed by atoms with van der Waals surface area (Å²) in [7, 11) is 0. The number of nitro benzene ring substituents is 1. The maximum atomic E-state index is 13.0. The van der Waals surface area contributed by atoms with Gasteiger partial charge in [0.15, 0.2) is 0 Å². The fourth-order valence-electron chi connectivity index (χ4n) is 4.21. The van der Waals surface area contributed by atoms with E-state index in [-0.39, 0.29) is 23.6 Å². The van der Waals surface area contributed by atoms with Crippen molar-refractivity contribution in [2.45, 2.75) is 38.3 Å². The van der Waals surface area contributed by atoms with Crippen molar-refractivity contribution < 1.29 is 19.6 Å². The molecule has 0 bridgehead atoms. The standard InChI is InChI=1S/C21H20N2O5/c24-20-19-11-15(13-3-9-18(10-4-13)23(27)28)1-2-16(19)12-22(20)17-7-5-14(6-8-17)21(25)26/h1-4,9-11,14,17H,5-8,12H2,(H,25,26). The number of nitrogens with zero attached hydrogens (tertiary/aromatic N) is 2. The van der Waals surface area contributed by atoms with Crippen molar-refractivity contribution in [3.8, 4) is 11.1 Å². The van der Waals surface area contributed by atoms with Gasteiger partial charge in [-0.15, -0.1) is 0 Å². The molecule has 4 rings (SSSR count). The lowest BCUT2D eigenvalue weighted by molar-refractivity contribution is -0.384. The van der Waals surface area contributed by atoms with Gasteiger partial charge in [0, 0.05) is 30.3 Å². The van der Waals surface area contributed by atoms with E-state index in [1.807, 2.05) is 23.1 Å². The molecule has 0 unspecified atom stereocenters. The van der Waals surface area contributed by atoms with Gasteiger partial charge < -0.3 is 10.0 Å². The summed E-state index contributed by atoms with van der Waals surface area (Å²) in [6.07, 6.45) is 2.64. The highest BCUT2D eigenvalue weighted by molar-refractivity contribution is 5.99. The van der Waals surface area contributed by atoms with E-state index in [1.54, 1.807) is 12.1 Å². The maximum absolute atomic E-state index is 13.0. The van der Waals surface area contributed by atoms with Crippen molar-refractivity contribution in [2.75, 3.05) is 0 Å². The highest BCUT2D eigenvalue weighted by Gasteiger charge is 2.36. The number of carbonyl (C=O) groups excluding carboxylic acids is 1. The molecule has 0 spiro atoms. The number of nitro groups is 1. The van der Waals surface area contributed by atoms with Gasteiger partial charge >= 0.3 is 5.97 Å². The Labute approximate surface area is 161 Å². The fourth-order valence-corrected chi connectivity index (χ4v) is 4.21. The normalized spacial score (nSPS) is 21.4. The Morgan fingerprint density at radius 2 is 1.68 bits per heavy atom. The summed E-state index contributed by atoms with van der Waals surface area (Å²) in [6, 6.07) is 12.1. The highest BCUT2D eigenvalue weighted by atomic mass is 16.6. The lowest BCUT2D eigenvalue weighted by atomic mass is 9.85. The molecule has 1 aliphatic carbocycles. The van der Waals surface area contributed by atoms with Crippen LogP contribution < -0.4 is 0 Å². The van der Waals surface area contributed by atoms with Crippen molar-refractivity contribution >= 4 is 17.6 Å². The highest BCUT2D eigenvalue weighted by Crippen LogP contribution is 2.35. The number of amides is 1. The van der Waals surface area contributed by atoms with Gasteiger partial charge in [0.2, 0.25) is 0 Å². The number of rotatable bonds is 4. The van der Waals surface area contributed by atoms with E-state index in [0.717, 1.165) is 16.7 Å². The topological polar surface area (TPSA) is 101 Å². The zero-order valence-electron chi connectivity index (χ0n) is 15.2. The minimum absolute atomic E-state index is 0.0162. The second-order valence-electron chi connectivity index (χ2n) is 7.45. The van der Waals surface area contributed by atoms with Crippen LogP contribution in [0.3, 0.4) is 0 Å². The first-order valence-corrected chi connectivity index (χ1v) is 9.35. The minimum atomic E-state index is -0.748. The van der Waals surface area contributed by atoms with E-state index in [9.17, 15) is 19.7 Å². The molecule has 28 heavy (non-hydrogen) atoms. The molecule has 0 atom stereocenters. The van der Waals surface area contributed by atoms with E-state index in [1.165, 1.54) is 12.1 Å².